The van der Waals surface area contributed by atoms with Crippen LogP contribution in [0.5, 0.6) is 0 Å². The Labute approximate surface area is 199 Å². The molecule has 164 valence electrons. The summed E-state index contributed by atoms with van der Waals surface area (Å²) in [5.41, 5.74) is 2.57. The standard InChI is InChI=1S/C26H21N3O2S2/c1-2-29(21-14-8-12-17-11-6-7-13-19(17)21)22(30)16-33-26-27-24(31)23-20(15-32-25(23)28-26)18-9-4-3-5-10-18/h3-15H,2,16H2,1H3,(H,27,28,31). The number of aromatic amines is 1. The maximum Gasteiger partial charge on any atom is 0.260 e. The number of benzene rings is 3. The summed E-state index contributed by atoms with van der Waals surface area (Å²) >= 11 is 2.70. The van der Waals surface area contributed by atoms with E-state index in [2.05, 4.69) is 9.97 Å². The number of carbonyl (C=O) groups excluding carboxylic acids is 1. The van der Waals surface area contributed by atoms with Gasteiger partial charge in [0.25, 0.3) is 5.56 Å². The van der Waals surface area contributed by atoms with Crippen LogP contribution in [-0.4, -0.2) is 28.2 Å². The minimum absolute atomic E-state index is 0.0299. The van der Waals surface area contributed by atoms with Crippen LogP contribution >= 0.6 is 23.1 Å². The molecule has 0 saturated heterocycles. The minimum atomic E-state index is -0.184. The summed E-state index contributed by atoms with van der Waals surface area (Å²) in [6.45, 7) is 2.52. The molecule has 5 nitrogen and oxygen atoms in total. The lowest BCUT2D eigenvalue weighted by Gasteiger charge is -2.22. The van der Waals surface area contributed by atoms with E-state index in [1.165, 1.54) is 23.1 Å². The van der Waals surface area contributed by atoms with Crippen molar-refractivity contribution in [2.75, 3.05) is 17.2 Å². The molecule has 2 aromatic heterocycles. The Bertz CT molecular complexity index is 1500. The first-order valence-corrected chi connectivity index (χ1v) is 12.5. The van der Waals surface area contributed by atoms with E-state index in [1.807, 2.05) is 85.1 Å². The quantitative estimate of drug-likeness (QED) is 0.245. The summed E-state index contributed by atoms with van der Waals surface area (Å²) in [5, 5.41) is 5.14. The summed E-state index contributed by atoms with van der Waals surface area (Å²) in [6, 6.07) is 23.8. The number of hydrogen-bond acceptors (Lipinski definition) is 5. The summed E-state index contributed by atoms with van der Waals surface area (Å²) in [4.78, 5) is 35.9. The average Bonchev–Trinajstić information content (AvgIpc) is 3.29. The molecule has 5 aromatic rings. The molecule has 3 aromatic carbocycles. The number of hydrogen-bond donors (Lipinski definition) is 1. The number of fused-ring (bicyclic) bond motifs is 2. The molecule has 5 rings (SSSR count). The molecule has 2 heterocycles. The molecule has 0 atom stereocenters. The maximum atomic E-state index is 13.1. The Hall–Kier alpha value is -3.42. The average molecular weight is 472 g/mol. The predicted molar refractivity (Wildman–Crippen MR) is 138 cm³/mol. The monoisotopic (exact) mass is 471 g/mol. The zero-order valence-corrected chi connectivity index (χ0v) is 19.6. The fraction of sp³-hybridized carbons (Fsp3) is 0.115. The van der Waals surface area contributed by atoms with E-state index in [1.54, 1.807) is 4.90 Å². The van der Waals surface area contributed by atoms with E-state index < -0.39 is 0 Å². The van der Waals surface area contributed by atoms with Gasteiger partial charge in [-0.15, -0.1) is 11.3 Å². The van der Waals surface area contributed by atoms with Crippen LogP contribution in [0.3, 0.4) is 0 Å². The number of nitrogens with one attached hydrogen (secondary N) is 1. The fourth-order valence-electron chi connectivity index (χ4n) is 3.96. The zero-order valence-electron chi connectivity index (χ0n) is 17.9. The molecule has 33 heavy (non-hydrogen) atoms. The molecule has 7 heteroatoms. The molecule has 0 bridgehead atoms. The molecule has 0 aliphatic rings. The van der Waals surface area contributed by atoms with Crippen molar-refractivity contribution in [3.63, 3.8) is 0 Å². The van der Waals surface area contributed by atoms with Crippen molar-refractivity contribution in [3.8, 4) is 11.1 Å². The molecule has 1 amide bonds. The fourth-order valence-corrected chi connectivity index (χ4v) is 5.70. The van der Waals surface area contributed by atoms with Gasteiger partial charge < -0.3 is 9.88 Å². The topological polar surface area (TPSA) is 66.1 Å². The van der Waals surface area contributed by atoms with E-state index in [0.717, 1.165) is 27.6 Å². The van der Waals surface area contributed by atoms with Gasteiger partial charge in [-0.05, 0) is 23.9 Å². The van der Waals surface area contributed by atoms with Gasteiger partial charge in [-0.25, -0.2) is 4.98 Å². The van der Waals surface area contributed by atoms with Crippen LogP contribution in [0.2, 0.25) is 0 Å². The number of thiophene rings is 1. The third-order valence-electron chi connectivity index (χ3n) is 5.51. The molecule has 0 radical (unpaired) electrons. The first-order chi connectivity index (χ1) is 16.2. The number of rotatable bonds is 6. The number of thioether (sulfide) groups is 1. The van der Waals surface area contributed by atoms with Crippen LogP contribution in [0.25, 0.3) is 32.1 Å². The number of anilines is 1. The van der Waals surface area contributed by atoms with Crippen LogP contribution in [0, 0.1) is 0 Å². The van der Waals surface area contributed by atoms with E-state index in [-0.39, 0.29) is 17.2 Å². The Morgan fingerprint density at radius 2 is 1.79 bits per heavy atom. The summed E-state index contributed by atoms with van der Waals surface area (Å²) < 4.78 is 0. The normalized spacial score (nSPS) is 11.2. The summed E-state index contributed by atoms with van der Waals surface area (Å²) in [6.07, 6.45) is 0. The maximum absolute atomic E-state index is 13.1. The molecule has 1 N–H and O–H groups in total. The molecule has 0 unspecified atom stereocenters. The molecule has 0 spiro atoms. The van der Waals surface area contributed by atoms with Gasteiger partial charge in [-0.1, -0.05) is 78.5 Å². The van der Waals surface area contributed by atoms with Gasteiger partial charge in [-0.2, -0.15) is 0 Å². The van der Waals surface area contributed by atoms with Gasteiger partial charge in [0.2, 0.25) is 5.91 Å². The lowest BCUT2D eigenvalue weighted by Crippen LogP contribution is -2.32. The van der Waals surface area contributed by atoms with Crippen molar-refractivity contribution in [2.24, 2.45) is 0 Å². The molecular formula is C26H21N3O2S2. The summed E-state index contributed by atoms with van der Waals surface area (Å²) in [5.74, 6) is 0.153. The Morgan fingerprint density at radius 1 is 1.03 bits per heavy atom. The minimum Gasteiger partial charge on any atom is -0.311 e. The van der Waals surface area contributed by atoms with Gasteiger partial charge in [0.1, 0.15) is 4.83 Å². The van der Waals surface area contributed by atoms with Crippen LogP contribution in [0.1, 0.15) is 6.92 Å². The van der Waals surface area contributed by atoms with Gasteiger partial charge >= 0.3 is 0 Å². The lowest BCUT2D eigenvalue weighted by molar-refractivity contribution is -0.116. The van der Waals surface area contributed by atoms with Gasteiger partial charge in [0, 0.05) is 22.9 Å². The number of aromatic nitrogens is 2. The first-order valence-electron chi connectivity index (χ1n) is 10.6. The van der Waals surface area contributed by atoms with E-state index in [4.69, 9.17) is 0 Å². The molecule has 0 saturated carbocycles. The van der Waals surface area contributed by atoms with Gasteiger partial charge in [0.15, 0.2) is 5.16 Å². The molecule has 0 aliphatic heterocycles. The highest BCUT2D eigenvalue weighted by Gasteiger charge is 2.18. The van der Waals surface area contributed by atoms with E-state index >= 15 is 0 Å². The second-order valence-electron chi connectivity index (χ2n) is 7.49. The van der Waals surface area contributed by atoms with Crippen molar-refractivity contribution in [1.29, 1.82) is 0 Å². The van der Waals surface area contributed by atoms with Crippen LogP contribution in [0.15, 0.2) is 88.1 Å². The van der Waals surface area contributed by atoms with Crippen LogP contribution < -0.4 is 10.5 Å². The second-order valence-corrected chi connectivity index (χ2v) is 9.31. The molecule has 0 aliphatic carbocycles. The van der Waals surface area contributed by atoms with Crippen LogP contribution in [0.4, 0.5) is 5.69 Å². The first kappa shape index (κ1) is 21.4. The highest BCUT2D eigenvalue weighted by atomic mass is 32.2. The predicted octanol–water partition coefficient (Wildman–Crippen LogP) is 5.95. The number of H-pyrrole nitrogens is 1. The highest BCUT2D eigenvalue weighted by Crippen LogP contribution is 2.32. The SMILES string of the molecule is CCN(C(=O)CSc1nc2scc(-c3ccccc3)c2c(=O)[nH]1)c1cccc2ccccc12. The third-order valence-corrected chi connectivity index (χ3v) is 7.24. The number of nitrogens with zero attached hydrogens (tertiary/aromatic N) is 2. The van der Waals surface area contributed by atoms with Gasteiger partial charge in [0.05, 0.1) is 16.8 Å². The third kappa shape index (κ3) is 4.17. The zero-order chi connectivity index (χ0) is 22.8. The second kappa shape index (κ2) is 9.21. The molecular weight excluding hydrogens is 450 g/mol. The Balaban J connectivity index is 1.39. The largest absolute Gasteiger partial charge is 0.311 e. The van der Waals surface area contributed by atoms with E-state index in [0.29, 0.717) is 21.9 Å². The van der Waals surface area contributed by atoms with Crippen molar-refractivity contribution in [3.05, 3.63) is 88.5 Å². The number of carbonyl (C=O) groups is 1. The van der Waals surface area contributed by atoms with Crippen molar-refractivity contribution >= 4 is 55.7 Å². The summed E-state index contributed by atoms with van der Waals surface area (Å²) in [7, 11) is 0. The van der Waals surface area contributed by atoms with Crippen molar-refractivity contribution < 1.29 is 4.79 Å². The van der Waals surface area contributed by atoms with Gasteiger partial charge in [-0.3, -0.25) is 9.59 Å². The Kier molecular flexibility index (Phi) is 5.98. The lowest BCUT2D eigenvalue weighted by atomic mass is 10.1. The van der Waals surface area contributed by atoms with Crippen molar-refractivity contribution in [1.82, 2.24) is 9.97 Å². The smallest absolute Gasteiger partial charge is 0.260 e. The number of amides is 1. The molecule has 0 fully saturated rings. The highest BCUT2D eigenvalue weighted by molar-refractivity contribution is 7.99. The Morgan fingerprint density at radius 3 is 2.61 bits per heavy atom. The van der Waals surface area contributed by atoms with Crippen LogP contribution in [-0.2, 0) is 4.79 Å². The van der Waals surface area contributed by atoms with Crippen molar-refractivity contribution in [2.45, 2.75) is 12.1 Å². The van der Waals surface area contributed by atoms with E-state index in [9.17, 15) is 9.59 Å².